The first-order valence-electron chi connectivity index (χ1n) is 7.00. The van der Waals surface area contributed by atoms with E-state index in [2.05, 4.69) is 11.9 Å². The second-order valence-corrected chi connectivity index (χ2v) is 4.91. The number of nitro groups is 1. The topological polar surface area (TPSA) is 85.2 Å². The lowest BCUT2D eigenvalue weighted by atomic mass is 10.2. The maximum Gasteiger partial charge on any atom is 0.270 e. The van der Waals surface area contributed by atoms with Crippen LogP contribution in [-0.2, 0) is 11.3 Å². The summed E-state index contributed by atoms with van der Waals surface area (Å²) in [5, 5.41) is 11.0. The monoisotopic (exact) mass is 290 g/mol. The van der Waals surface area contributed by atoms with Crippen molar-refractivity contribution in [2.45, 2.75) is 32.8 Å². The van der Waals surface area contributed by atoms with E-state index in [0.29, 0.717) is 29.8 Å². The van der Waals surface area contributed by atoms with Crippen LogP contribution in [0.2, 0.25) is 0 Å². The van der Waals surface area contributed by atoms with E-state index < -0.39 is 4.92 Å². The molecule has 1 N–H and O–H groups in total. The number of hydrogen-bond acceptors (Lipinski definition) is 4. The molecule has 1 heterocycles. The first-order valence-corrected chi connectivity index (χ1v) is 7.00. The van der Waals surface area contributed by atoms with Gasteiger partial charge in [0.25, 0.3) is 5.69 Å². The molecule has 0 aliphatic rings. The molecule has 0 spiro atoms. The van der Waals surface area contributed by atoms with Crippen molar-refractivity contribution in [3.05, 3.63) is 50.3 Å². The molecule has 0 bridgehead atoms. The first kappa shape index (κ1) is 15.2. The average Bonchev–Trinajstić information content (AvgIpc) is 2.46. The van der Waals surface area contributed by atoms with Gasteiger partial charge in [0, 0.05) is 30.5 Å². The smallest absolute Gasteiger partial charge is 0.270 e. The predicted molar refractivity (Wildman–Crippen MR) is 80.4 cm³/mol. The SMILES string of the molecule is CCCCCOCc1cc(=O)c2cc([N+](=O)[O-])ccc2[nH]1. The number of nitro benzene ring substituents is 1. The number of nitrogens with zero attached hydrogens (tertiary/aromatic N) is 1. The van der Waals surface area contributed by atoms with Gasteiger partial charge in [0.2, 0.25) is 0 Å². The van der Waals surface area contributed by atoms with E-state index in [4.69, 9.17) is 4.74 Å². The van der Waals surface area contributed by atoms with E-state index in [0.717, 1.165) is 19.3 Å². The standard InChI is InChI=1S/C15H18N2O4/c1-2-3-4-7-21-10-11-8-15(18)13-9-12(17(19)20)5-6-14(13)16-11/h5-6,8-9H,2-4,7,10H2,1H3,(H,16,18). The van der Waals surface area contributed by atoms with Crippen molar-refractivity contribution in [1.82, 2.24) is 4.98 Å². The van der Waals surface area contributed by atoms with Gasteiger partial charge in [-0.05, 0) is 12.5 Å². The quantitative estimate of drug-likeness (QED) is 0.482. The Morgan fingerprint density at radius 2 is 2.10 bits per heavy atom. The van der Waals surface area contributed by atoms with Gasteiger partial charge in [0.1, 0.15) is 0 Å². The Morgan fingerprint density at radius 1 is 1.29 bits per heavy atom. The van der Waals surface area contributed by atoms with Gasteiger partial charge in [0.15, 0.2) is 5.43 Å². The van der Waals surface area contributed by atoms with Crippen LogP contribution in [-0.4, -0.2) is 16.5 Å². The second-order valence-electron chi connectivity index (χ2n) is 4.91. The van der Waals surface area contributed by atoms with Crippen molar-refractivity contribution in [3.63, 3.8) is 0 Å². The highest BCUT2D eigenvalue weighted by molar-refractivity contribution is 5.80. The molecular weight excluding hydrogens is 272 g/mol. The highest BCUT2D eigenvalue weighted by Gasteiger charge is 2.09. The average molecular weight is 290 g/mol. The number of unbranched alkanes of at least 4 members (excludes halogenated alkanes) is 2. The molecule has 6 heteroatoms. The molecule has 1 aromatic heterocycles. The molecule has 0 radical (unpaired) electrons. The summed E-state index contributed by atoms with van der Waals surface area (Å²) in [6.07, 6.45) is 3.26. The Labute approximate surface area is 121 Å². The largest absolute Gasteiger partial charge is 0.375 e. The fraction of sp³-hybridized carbons (Fsp3) is 0.400. The van der Waals surface area contributed by atoms with Crippen LogP contribution in [0.4, 0.5) is 5.69 Å². The van der Waals surface area contributed by atoms with E-state index in [1.807, 2.05) is 0 Å². The van der Waals surface area contributed by atoms with Gasteiger partial charge in [-0.15, -0.1) is 0 Å². The summed E-state index contributed by atoms with van der Waals surface area (Å²) in [4.78, 5) is 25.3. The van der Waals surface area contributed by atoms with Crippen molar-refractivity contribution in [2.24, 2.45) is 0 Å². The van der Waals surface area contributed by atoms with Gasteiger partial charge in [-0.3, -0.25) is 14.9 Å². The van der Waals surface area contributed by atoms with Crippen molar-refractivity contribution in [3.8, 4) is 0 Å². The summed E-state index contributed by atoms with van der Waals surface area (Å²) in [5.41, 5.74) is 0.939. The molecule has 0 atom stereocenters. The Bertz CT molecular complexity index is 694. The number of nitrogens with one attached hydrogen (secondary N) is 1. The third-order valence-electron chi connectivity index (χ3n) is 3.23. The van der Waals surface area contributed by atoms with Crippen molar-refractivity contribution >= 4 is 16.6 Å². The molecule has 2 aromatic rings. The van der Waals surface area contributed by atoms with Gasteiger partial charge in [-0.25, -0.2) is 0 Å². The lowest BCUT2D eigenvalue weighted by molar-refractivity contribution is -0.384. The van der Waals surface area contributed by atoms with Crippen molar-refractivity contribution in [2.75, 3.05) is 6.61 Å². The molecule has 112 valence electrons. The zero-order valence-corrected chi connectivity index (χ0v) is 11.9. The molecule has 21 heavy (non-hydrogen) atoms. The molecule has 0 aliphatic heterocycles. The van der Waals surface area contributed by atoms with E-state index in [1.54, 1.807) is 6.07 Å². The maximum atomic E-state index is 12.0. The van der Waals surface area contributed by atoms with Crippen LogP contribution in [0.25, 0.3) is 10.9 Å². The number of benzene rings is 1. The Hall–Kier alpha value is -2.21. The second kappa shape index (κ2) is 6.99. The molecule has 0 aliphatic carbocycles. The van der Waals surface area contributed by atoms with Crippen molar-refractivity contribution < 1.29 is 9.66 Å². The third-order valence-corrected chi connectivity index (χ3v) is 3.23. The molecule has 0 saturated carbocycles. The molecule has 0 amide bonds. The molecule has 2 rings (SSSR count). The number of aromatic amines is 1. The number of non-ortho nitro benzene ring substituents is 1. The Morgan fingerprint density at radius 3 is 2.81 bits per heavy atom. The van der Waals surface area contributed by atoms with E-state index in [-0.39, 0.29) is 11.1 Å². The predicted octanol–water partition coefficient (Wildman–Crippen LogP) is 3.14. The summed E-state index contributed by atoms with van der Waals surface area (Å²) in [6.45, 7) is 3.13. The number of hydrogen-bond donors (Lipinski definition) is 1. The number of fused-ring (bicyclic) bond motifs is 1. The lowest BCUT2D eigenvalue weighted by Gasteiger charge is -2.06. The fourth-order valence-corrected chi connectivity index (χ4v) is 2.12. The highest BCUT2D eigenvalue weighted by Crippen LogP contribution is 2.17. The van der Waals surface area contributed by atoms with Gasteiger partial charge < -0.3 is 9.72 Å². The number of rotatable bonds is 7. The molecule has 6 nitrogen and oxygen atoms in total. The number of H-pyrrole nitrogens is 1. The highest BCUT2D eigenvalue weighted by atomic mass is 16.6. The summed E-state index contributed by atoms with van der Waals surface area (Å²) in [7, 11) is 0. The summed E-state index contributed by atoms with van der Waals surface area (Å²) < 4.78 is 5.51. The summed E-state index contributed by atoms with van der Waals surface area (Å²) in [5.74, 6) is 0. The summed E-state index contributed by atoms with van der Waals surface area (Å²) in [6, 6.07) is 5.66. The van der Waals surface area contributed by atoms with Crippen LogP contribution in [0, 0.1) is 10.1 Å². The minimum Gasteiger partial charge on any atom is -0.375 e. The lowest BCUT2D eigenvalue weighted by Crippen LogP contribution is -2.07. The normalized spacial score (nSPS) is 10.9. The van der Waals surface area contributed by atoms with Crippen LogP contribution < -0.4 is 5.43 Å². The molecule has 0 unspecified atom stereocenters. The van der Waals surface area contributed by atoms with E-state index >= 15 is 0 Å². The number of pyridine rings is 1. The van der Waals surface area contributed by atoms with Crippen LogP contribution in [0.5, 0.6) is 0 Å². The maximum absolute atomic E-state index is 12.0. The Kier molecular flexibility index (Phi) is 5.05. The first-order chi connectivity index (χ1) is 10.1. The van der Waals surface area contributed by atoms with Crippen LogP contribution in [0.15, 0.2) is 29.1 Å². The van der Waals surface area contributed by atoms with Crippen molar-refractivity contribution in [1.29, 1.82) is 0 Å². The van der Waals surface area contributed by atoms with Gasteiger partial charge >= 0.3 is 0 Å². The molecule has 0 fully saturated rings. The van der Waals surface area contributed by atoms with Crippen LogP contribution >= 0.6 is 0 Å². The zero-order valence-electron chi connectivity index (χ0n) is 11.9. The molecular formula is C15H18N2O4. The van der Waals surface area contributed by atoms with Gasteiger partial charge in [-0.2, -0.15) is 0 Å². The zero-order chi connectivity index (χ0) is 15.2. The van der Waals surface area contributed by atoms with Crippen LogP contribution in [0.3, 0.4) is 0 Å². The molecule has 0 saturated heterocycles. The fourth-order valence-electron chi connectivity index (χ4n) is 2.12. The summed E-state index contributed by atoms with van der Waals surface area (Å²) >= 11 is 0. The third kappa shape index (κ3) is 3.88. The van der Waals surface area contributed by atoms with E-state index in [1.165, 1.54) is 18.2 Å². The van der Waals surface area contributed by atoms with Gasteiger partial charge in [-0.1, -0.05) is 19.8 Å². The molecule has 1 aromatic carbocycles. The minimum atomic E-state index is -0.510. The number of ether oxygens (including phenoxy) is 1. The van der Waals surface area contributed by atoms with Gasteiger partial charge in [0.05, 0.1) is 22.4 Å². The van der Waals surface area contributed by atoms with E-state index in [9.17, 15) is 14.9 Å². The minimum absolute atomic E-state index is 0.0865. The van der Waals surface area contributed by atoms with Crippen LogP contribution in [0.1, 0.15) is 31.9 Å². The number of aromatic nitrogens is 1. The Balaban J connectivity index is 2.15.